The van der Waals surface area contributed by atoms with Gasteiger partial charge in [0.2, 0.25) is 0 Å². The fraction of sp³-hybridized carbons (Fsp3) is 0.500. The highest BCUT2D eigenvalue weighted by Crippen LogP contribution is 2.25. The summed E-state index contributed by atoms with van der Waals surface area (Å²) < 4.78 is 39.9. The maximum Gasteiger partial charge on any atom is 0.573 e. The van der Waals surface area contributed by atoms with Crippen LogP contribution in [0.2, 0.25) is 0 Å². The normalized spacial score (nSPS) is 19.7. The van der Waals surface area contributed by atoms with Crippen LogP contribution in [0.4, 0.5) is 13.2 Å². The summed E-state index contributed by atoms with van der Waals surface area (Å²) in [5.41, 5.74) is 0.875. The smallest absolute Gasteiger partial charge is 0.481 e. The van der Waals surface area contributed by atoms with Crippen molar-refractivity contribution in [2.75, 3.05) is 13.1 Å². The van der Waals surface area contributed by atoms with E-state index in [1.807, 2.05) is 0 Å². The SMILES string of the molecule is O=C(O)C[C@@H]1CCN(Cc2ccc(OC(F)(F)F)cc2)C1. The number of benzene rings is 1. The first kappa shape index (κ1) is 15.6. The first-order valence-electron chi connectivity index (χ1n) is 6.60. The highest BCUT2D eigenvalue weighted by atomic mass is 19.4. The standard InChI is InChI=1S/C14H16F3NO3/c15-14(16,17)21-12-3-1-10(2-4-12)8-18-6-5-11(9-18)7-13(19)20/h1-4,11H,5-9H2,(H,19,20)/t11-/m0/s1. The van der Waals surface area contributed by atoms with Crippen LogP contribution < -0.4 is 4.74 Å². The average Bonchev–Trinajstić information content (AvgIpc) is 2.76. The van der Waals surface area contributed by atoms with E-state index in [2.05, 4.69) is 9.64 Å². The highest BCUT2D eigenvalue weighted by molar-refractivity contribution is 5.67. The third-order valence-electron chi connectivity index (χ3n) is 3.40. The molecule has 1 aromatic carbocycles. The number of ether oxygens (including phenoxy) is 1. The molecule has 4 nitrogen and oxygen atoms in total. The molecule has 0 bridgehead atoms. The summed E-state index contributed by atoms with van der Waals surface area (Å²) >= 11 is 0. The molecule has 0 aliphatic carbocycles. The molecule has 0 spiro atoms. The van der Waals surface area contributed by atoms with Gasteiger partial charge in [0.15, 0.2) is 0 Å². The number of carboxylic acids is 1. The van der Waals surface area contributed by atoms with Crippen molar-refractivity contribution in [1.82, 2.24) is 4.90 Å². The van der Waals surface area contributed by atoms with Crippen LogP contribution >= 0.6 is 0 Å². The minimum atomic E-state index is -4.68. The highest BCUT2D eigenvalue weighted by Gasteiger charge is 2.31. The van der Waals surface area contributed by atoms with Gasteiger partial charge in [0, 0.05) is 19.5 Å². The van der Waals surface area contributed by atoms with E-state index in [0.29, 0.717) is 13.1 Å². The van der Waals surface area contributed by atoms with E-state index in [-0.39, 0.29) is 18.1 Å². The zero-order chi connectivity index (χ0) is 15.5. The lowest BCUT2D eigenvalue weighted by Gasteiger charge is -2.16. The molecular weight excluding hydrogens is 287 g/mol. The number of hydrogen-bond acceptors (Lipinski definition) is 3. The summed E-state index contributed by atoms with van der Waals surface area (Å²) in [6, 6.07) is 5.75. The molecule has 1 heterocycles. The number of hydrogen-bond donors (Lipinski definition) is 1. The second-order valence-electron chi connectivity index (χ2n) is 5.18. The Labute approximate surface area is 120 Å². The van der Waals surface area contributed by atoms with Gasteiger partial charge in [-0.3, -0.25) is 9.69 Å². The first-order chi connectivity index (χ1) is 9.82. The predicted octanol–water partition coefficient (Wildman–Crippen LogP) is 2.88. The number of carbonyl (C=O) groups is 1. The Bertz CT molecular complexity index is 487. The van der Waals surface area contributed by atoms with Crippen LogP contribution in [0, 0.1) is 5.92 Å². The van der Waals surface area contributed by atoms with Gasteiger partial charge in [0.05, 0.1) is 0 Å². The largest absolute Gasteiger partial charge is 0.573 e. The second-order valence-corrected chi connectivity index (χ2v) is 5.18. The number of halogens is 3. The molecule has 0 amide bonds. The molecule has 7 heteroatoms. The number of rotatable bonds is 5. The van der Waals surface area contributed by atoms with Crippen molar-refractivity contribution in [2.45, 2.75) is 25.7 Å². The molecule has 1 aliphatic heterocycles. The second kappa shape index (κ2) is 6.34. The van der Waals surface area contributed by atoms with Crippen LogP contribution in [-0.2, 0) is 11.3 Å². The summed E-state index contributed by atoms with van der Waals surface area (Å²) in [6.07, 6.45) is -3.68. The summed E-state index contributed by atoms with van der Waals surface area (Å²) in [5, 5.41) is 8.75. The van der Waals surface area contributed by atoms with Gasteiger partial charge in [0.1, 0.15) is 5.75 Å². The molecule has 0 saturated carbocycles. The summed E-state index contributed by atoms with van der Waals surface area (Å²) in [4.78, 5) is 12.8. The molecule has 116 valence electrons. The molecule has 1 aliphatic rings. The molecule has 1 N–H and O–H groups in total. The van der Waals surface area contributed by atoms with Crippen LogP contribution in [0.3, 0.4) is 0 Å². The van der Waals surface area contributed by atoms with E-state index in [1.165, 1.54) is 12.1 Å². The number of carboxylic acid groups (broad SMARTS) is 1. The van der Waals surface area contributed by atoms with Gasteiger partial charge < -0.3 is 9.84 Å². The van der Waals surface area contributed by atoms with Crippen LogP contribution in [0.25, 0.3) is 0 Å². The van der Waals surface area contributed by atoms with Gasteiger partial charge in [-0.05, 0) is 36.6 Å². The van der Waals surface area contributed by atoms with Gasteiger partial charge >= 0.3 is 12.3 Å². The van der Waals surface area contributed by atoms with Crippen molar-refractivity contribution >= 4 is 5.97 Å². The van der Waals surface area contributed by atoms with Crippen molar-refractivity contribution < 1.29 is 27.8 Å². The maximum atomic E-state index is 12.0. The van der Waals surface area contributed by atoms with Crippen molar-refractivity contribution in [1.29, 1.82) is 0 Å². The van der Waals surface area contributed by atoms with E-state index in [1.54, 1.807) is 12.1 Å². The maximum absolute atomic E-state index is 12.0. The zero-order valence-corrected chi connectivity index (χ0v) is 11.3. The third kappa shape index (κ3) is 5.26. The lowest BCUT2D eigenvalue weighted by Crippen LogP contribution is -2.21. The molecule has 0 unspecified atom stereocenters. The molecule has 1 atom stereocenters. The van der Waals surface area contributed by atoms with Crippen LogP contribution in [0.5, 0.6) is 5.75 Å². The minimum Gasteiger partial charge on any atom is -0.481 e. The molecule has 0 aromatic heterocycles. The van der Waals surface area contributed by atoms with Crippen LogP contribution in [-0.4, -0.2) is 35.4 Å². The fourth-order valence-corrected chi connectivity index (χ4v) is 2.52. The topological polar surface area (TPSA) is 49.8 Å². The van der Waals surface area contributed by atoms with E-state index >= 15 is 0 Å². The Kier molecular flexibility index (Phi) is 4.72. The molecule has 1 saturated heterocycles. The van der Waals surface area contributed by atoms with Crippen LogP contribution in [0.1, 0.15) is 18.4 Å². The van der Waals surface area contributed by atoms with Crippen LogP contribution in [0.15, 0.2) is 24.3 Å². The first-order valence-corrected chi connectivity index (χ1v) is 6.60. The monoisotopic (exact) mass is 303 g/mol. The van der Waals surface area contributed by atoms with Crippen molar-refractivity contribution in [3.05, 3.63) is 29.8 Å². The summed E-state index contributed by atoms with van der Waals surface area (Å²) in [7, 11) is 0. The molecule has 2 rings (SSSR count). The molecule has 1 aromatic rings. The Morgan fingerprint density at radius 1 is 1.33 bits per heavy atom. The Balaban J connectivity index is 1.85. The van der Waals surface area contributed by atoms with Gasteiger partial charge in [-0.25, -0.2) is 0 Å². The molecule has 0 radical (unpaired) electrons. The fourth-order valence-electron chi connectivity index (χ4n) is 2.52. The molecule has 1 fully saturated rings. The zero-order valence-electron chi connectivity index (χ0n) is 11.3. The Morgan fingerprint density at radius 3 is 2.57 bits per heavy atom. The quantitative estimate of drug-likeness (QED) is 0.908. The van der Waals surface area contributed by atoms with E-state index in [0.717, 1.165) is 18.5 Å². The van der Waals surface area contributed by atoms with E-state index in [9.17, 15) is 18.0 Å². The predicted molar refractivity (Wildman–Crippen MR) is 68.8 cm³/mol. The third-order valence-corrected chi connectivity index (χ3v) is 3.40. The number of nitrogens with zero attached hydrogens (tertiary/aromatic N) is 1. The minimum absolute atomic E-state index is 0.148. The lowest BCUT2D eigenvalue weighted by molar-refractivity contribution is -0.274. The van der Waals surface area contributed by atoms with Gasteiger partial charge in [-0.1, -0.05) is 12.1 Å². The van der Waals surface area contributed by atoms with E-state index < -0.39 is 12.3 Å². The number of aliphatic carboxylic acids is 1. The molecular formula is C14H16F3NO3. The van der Waals surface area contributed by atoms with Gasteiger partial charge in [-0.15, -0.1) is 13.2 Å². The lowest BCUT2D eigenvalue weighted by atomic mass is 10.1. The summed E-state index contributed by atoms with van der Waals surface area (Å²) in [6.45, 7) is 2.11. The Morgan fingerprint density at radius 2 is 2.00 bits per heavy atom. The van der Waals surface area contributed by atoms with Crippen molar-refractivity contribution in [3.63, 3.8) is 0 Å². The number of alkyl halides is 3. The van der Waals surface area contributed by atoms with Crippen molar-refractivity contribution in [2.24, 2.45) is 5.92 Å². The van der Waals surface area contributed by atoms with E-state index in [4.69, 9.17) is 5.11 Å². The average molecular weight is 303 g/mol. The Hall–Kier alpha value is -1.76. The van der Waals surface area contributed by atoms with Crippen molar-refractivity contribution in [3.8, 4) is 5.75 Å². The molecule has 21 heavy (non-hydrogen) atoms. The van der Waals surface area contributed by atoms with Gasteiger partial charge in [0.25, 0.3) is 0 Å². The summed E-state index contributed by atoms with van der Waals surface area (Å²) in [5.74, 6) is -0.887. The van der Waals surface area contributed by atoms with Gasteiger partial charge in [-0.2, -0.15) is 0 Å². The number of likely N-dealkylation sites (tertiary alicyclic amines) is 1.